The van der Waals surface area contributed by atoms with Gasteiger partial charge in [-0.05, 0) is 32.9 Å². The molecule has 0 spiro atoms. The summed E-state index contributed by atoms with van der Waals surface area (Å²) in [7, 11) is 0. The van der Waals surface area contributed by atoms with E-state index in [2.05, 4.69) is 0 Å². The van der Waals surface area contributed by atoms with Crippen LogP contribution >= 0.6 is 0 Å². The summed E-state index contributed by atoms with van der Waals surface area (Å²) in [6, 6.07) is 2.86. The number of carbonyl (C=O) groups excluding carboxylic acids is 2. The molecule has 0 bridgehead atoms. The number of aromatic hydroxyl groups is 1. The lowest BCUT2D eigenvalue weighted by atomic mass is 10.1. The number of hydrogen-bond acceptors (Lipinski definition) is 4. The molecule has 1 amide bonds. The highest BCUT2D eigenvalue weighted by Gasteiger charge is 2.24. The van der Waals surface area contributed by atoms with Crippen molar-refractivity contribution in [1.29, 1.82) is 0 Å². The normalized spacial score (nSPS) is 10.4. The number of phenolic OH excluding ortho intramolecular Hbond substituents is 1. The van der Waals surface area contributed by atoms with Gasteiger partial charge in [-0.3, -0.25) is 9.59 Å². The molecule has 0 fully saturated rings. The van der Waals surface area contributed by atoms with E-state index in [0.29, 0.717) is 0 Å². The van der Waals surface area contributed by atoms with Crippen LogP contribution in [0.3, 0.4) is 0 Å². The molecule has 1 aromatic rings. The van der Waals surface area contributed by atoms with E-state index in [4.69, 9.17) is 4.74 Å². The van der Waals surface area contributed by atoms with Gasteiger partial charge < -0.3 is 14.7 Å². The van der Waals surface area contributed by atoms with Crippen molar-refractivity contribution in [1.82, 2.24) is 4.90 Å². The quantitative estimate of drug-likeness (QED) is 0.839. The van der Waals surface area contributed by atoms with Gasteiger partial charge in [-0.25, -0.2) is 4.39 Å². The zero-order valence-electron chi connectivity index (χ0n) is 11.7. The SMILES string of the molecule is CCOC(=O)CN(C(=O)c1ccc(F)cc1O)C(C)C. The van der Waals surface area contributed by atoms with Crippen molar-refractivity contribution in [3.05, 3.63) is 29.6 Å². The third-order valence-corrected chi connectivity index (χ3v) is 2.68. The standard InChI is InChI=1S/C14H18FNO4/c1-4-20-13(18)8-16(9(2)3)14(19)11-6-5-10(15)7-12(11)17/h5-7,9,17H,4,8H2,1-3H3. The molecular formula is C14H18FNO4. The molecule has 0 aliphatic heterocycles. The molecular weight excluding hydrogens is 265 g/mol. The maximum absolute atomic E-state index is 12.9. The molecule has 1 N–H and O–H groups in total. The van der Waals surface area contributed by atoms with Gasteiger partial charge in [0.25, 0.3) is 5.91 Å². The Balaban J connectivity index is 2.96. The zero-order chi connectivity index (χ0) is 15.3. The van der Waals surface area contributed by atoms with E-state index in [0.717, 1.165) is 12.1 Å². The molecule has 1 aromatic carbocycles. The molecule has 0 atom stereocenters. The Morgan fingerprint density at radius 1 is 1.40 bits per heavy atom. The molecule has 20 heavy (non-hydrogen) atoms. The molecule has 0 aromatic heterocycles. The van der Waals surface area contributed by atoms with E-state index in [1.54, 1.807) is 20.8 Å². The van der Waals surface area contributed by atoms with Gasteiger partial charge in [-0.2, -0.15) is 0 Å². The minimum absolute atomic E-state index is 0.0515. The van der Waals surface area contributed by atoms with E-state index in [1.807, 2.05) is 0 Å². The molecule has 0 saturated heterocycles. The van der Waals surface area contributed by atoms with Gasteiger partial charge in [0.2, 0.25) is 0 Å². The summed E-state index contributed by atoms with van der Waals surface area (Å²) in [4.78, 5) is 25.0. The number of hydrogen-bond donors (Lipinski definition) is 1. The maximum atomic E-state index is 12.9. The Labute approximate surface area is 117 Å². The van der Waals surface area contributed by atoms with E-state index < -0.39 is 23.4 Å². The van der Waals surface area contributed by atoms with Crippen molar-refractivity contribution < 1.29 is 23.8 Å². The third kappa shape index (κ3) is 3.94. The van der Waals surface area contributed by atoms with Crippen molar-refractivity contribution in [2.45, 2.75) is 26.8 Å². The number of amides is 1. The van der Waals surface area contributed by atoms with Crippen LogP contribution in [0.15, 0.2) is 18.2 Å². The Bertz CT molecular complexity index is 502. The highest BCUT2D eigenvalue weighted by atomic mass is 19.1. The predicted octanol–water partition coefficient (Wildman–Crippen LogP) is 1.94. The first-order valence-corrected chi connectivity index (χ1v) is 6.32. The zero-order valence-corrected chi connectivity index (χ0v) is 11.7. The molecule has 0 saturated carbocycles. The molecule has 6 heteroatoms. The maximum Gasteiger partial charge on any atom is 0.325 e. The van der Waals surface area contributed by atoms with Gasteiger partial charge in [-0.15, -0.1) is 0 Å². The summed E-state index contributed by atoms with van der Waals surface area (Å²) in [6.07, 6.45) is 0. The number of rotatable bonds is 5. The minimum atomic E-state index is -0.638. The number of ether oxygens (including phenoxy) is 1. The van der Waals surface area contributed by atoms with Gasteiger partial charge in [-0.1, -0.05) is 0 Å². The van der Waals surface area contributed by atoms with E-state index in [9.17, 15) is 19.1 Å². The first-order valence-electron chi connectivity index (χ1n) is 6.32. The topological polar surface area (TPSA) is 66.8 Å². The van der Waals surface area contributed by atoms with E-state index in [1.165, 1.54) is 11.0 Å². The highest BCUT2D eigenvalue weighted by molar-refractivity contribution is 5.98. The number of halogens is 1. The fraction of sp³-hybridized carbons (Fsp3) is 0.429. The number of benzene rings is 1. The van der Waals surface area contributed by atoms with Crippen molar-refractivity contribution >= 4 is 11.9 Å². The van der Waals surface area contributed by atoms with Crippen molar-refractivity contribution in [3.8, 4) is 5.75 Å². The summed E-state index contributed by atoms with van der Waals surface area (Å²) in [6.45, 7) is 5.14. The molecule has 110 valence electrons. The lowest BCUT2D eigenvalue weighted by Crippen LogP contribution is -2.41. The second kappa shape index (κ2) is 6.88. The minimum Gasteiger partial charge on any atom is -0.507 e. The molecule has 1 rings (SSSR count). The van der Waals surface area contributed by atoms with Crippen LogP contribution < -0.4 is 0 Å². The van der Waals surface area contributed by atoms with Crippen LogP contribution in [0.25, 0.3) is 0 Å². The Morgan fingerprint density at radius 2 is 2.05 bits per heavy atom. The van der Waals surface area contributed by atoms with E-state index >= 15 is 0 Å². The summed E-state index contributed by atoms with van der Waals surface area (Å²) < 4.78 is 17.7. The average molecular weight is 283 g/mol. The van der Waals surface area contributed by atoms with Crippen molar-refractivity contribution in [3.63, 3.8) is 0 Å². The van der Waals surface area contributed by atoms with Gasteiger partial charge in [0.1, 0.15) is 18.1 Å². The number of carbonyl (C=O) groups is 2. The molecule has 5 nitrogen and oxygen atoms in total. The molecule has 0 heterocycles. The second-order valence-electron chi connectivity index (χ2n) is 4.49. The van der Waals surface area contributed by atoms with E-state index in [-0.39, 0.29) is 24.8 Å². The lowest BCUT2D eigenvalue weighted by Gasteiger charge is -2.26. The number of esters is 1. The largest absolute Gasteiger partial charge is 0.507 e. The fourth-order valence-electron chi connectivity index (χ4n) is 1.67. The van der Waals surface area contributed by atoms with Gasteiger partial charge >= 0.3 is 5.97 Å². The fourth-order valence-corrected chi connectivity index (χ4v) is 1.67. The molecule has 0 aliphatic carbocycles. The first kappa shape index (κ1) is 15.9. The highest BCUT2D eigenvalue weighted by Crippen LogP contribution is 2.20. The van der Waals surface area contributed by atoms with Crippen LogP contribution in [0.2, 0.25) is 0 Å². The number of nitrogens with zero attached hydrogens (tertiary/aromatic N) is 1. The van der Waals surface area contributed by atoms with Crippen LogP contribution in [-0.4, -0.2) is 41.1 Å². The van der Waals surface area contributed by atoms with Crippen LogP contribution in [0.5, 0.6) is 5.75 Å². The smallest absolute Gasteiger partial charge is 0.325 e. The van der Waals surface area contributed by atoms with Crippen LogP contribution in [-0.2, 0) is 9.53 Å². The van der Waals surface area contributed by atoms with Gasteiger partial charge in [0, 0.05) is 12.1 Å². The number of phenols is 1. The summed E-state index contributed by atoms with van der Waals surface area (Å²) in [5.74, 6) is -2.17. The lowest BCUT2D eigenvalue weighted by molar-refractivity contribution is -0.144. The molecule has 0 unspecified atom stereocenters. The summed E-state index contributed by atoms with van der Waals surface area (Å²) in [5, 5.41) is 9.63. The second-order valence-corrected chi connectivity index (χ2v) is 4.49. The monoisotopic (exact) mass is 283 g/mol. The predicted molar refractivity (Wildman–Crippen MR) is 70.9 cm³/mol. The van der Waals surface area contributed by atoms with Gasteiger partial charge in [0.15, 0.2) is 0 Å². The molecule has 0 aliphatic rings. The molecule has 0 radical (unpaired) electrons. The Kier molecular flexibility index (Phi) is 5.49. The summed E-state index contributed by atoms with van der Waals surface area (Å²) >= 11 is 0. The van der Waals surface area contributed by atoms with Crippen molar-refractivity contribution in [2.75, 3.05) is 13.2 Å². The van der Waals surface area contributed by atoms with Crippen molar-refractivity contribution in [2.24, 2.45) is 0 Å². The van der Waals surface area contributed by atoms with Crippen LogP contribution in [0.1, 0.15) is 31.1 Å². The Morgan fingerprint density at radius 3 is 2.55 bits per heavy atom. The van der Waals surface area contributed by atoms with Crippen LogP contribution in [0.4, 0.5) is 4.39 Å². The van der Waals surface area contributed by atoms with Gasteiger partial charge in [0.05, 0.1) is 12.2 Å². The van der Waals surface area contributed by atoms with Crippen LogP contribution in [0, 0.1) is 5.82 Å². The summed E-state index contributed by atoms with van der Waals surface area (Å²) in [5.41, 5.74) is -0.0515. The Hall–Kier alpha value is -2.11. The average Bonchev–Trinajstić information content (AvgIpc) is 2.35. The third-order valence-electron chi connectivity index (χ3n) is 2.68. The first-order chi connectivity index (χ1) is 9.36.